The van der Waals surface area contributed by atoms with Crippen molar-refractivity contribution in [2.24, 2.45) is 0 Å². The lowest BCUT2D eigenvalue weighted by Crippen LogP contribution is -2.47. The zero-order chi connectivity index (χ0) is 16.0. The standard InChI is InChI=1S/C17H16F3NO/c18-17(19,20)15(11-13-7-3-1-4-8-13)21-16(22)12-14-9-5-2-6-10-14/h1-10,15H,11-12H2,(H,21,22). The SMILES string of the molecule is O=C(Cc1ccccc1)NC(Cc1ccccc1)C(F)(F)F. The van der Waals surface area contributed by atoms with Crippen LogP contribution in [0.4, 0.5) is 13.2 Å². The summed E-state index contributed by atoms with van der Waals surface area (Å²) in [6.45, 7) is 0. The van der Waals surface area contributed by atoms with Crippen LogP contribution in [0.25, 0.3) is 0 Å². The molecule has 0 aliphatic carbocycles. The molecule has 0 spiro atoms. The van der Waals surface area contributed by atoms with E-state index in [9.17, 15) is 18.0 Å². The number of carbonyl (C=O) groups excluding carboxylic acids is 1. The summed E-state index contributed by atoms with van der Waals surface area (Å²) in [5.41, 5.74) is 1.21. The van der Waals surface area contributed by atoms with Crippen LogP contribution in [0.3, 0.4) is 0 Å². The fraction of sp³-hybridized carbons (Fsp3) is 0.235. The molecule has 0 aromatic heterocycles. The number of hydrogen-bond acceptors (Lipinski definition) is 1. The number of rotatable bonds is 5. The Morgan fingerprint density at radius 1 is 0.909 bits per heavy atom. The number of nitrogens with one attached hydrogen (secondary N) is 1. The summed E-state index contributed by atoms with van der Waals surface area (Å²) in [6, 6.07) is 15.1. The Morgan fingerprint density at radius 2 is 1.41 bits per heavy atom. The average molecular weight is 307 g/mol. The van der Waals surface area contributed by atoms with Crippen molar-refractivity contribution < 1.29 is 18.0 Å². The summed E-state index contributed by atoms with van der Waals surface area (Å²) in [5.74, 6) is -0.635. The van der Waals surface area contributed by atoms with E-state index in [1.165, 1.54) is 0 Å². The number of amides is 1. The average Bonchev–Trinajstić information content (AvgIpc) is 2.48. The summed E-state index contributed by atoms with van der Waals surface area (Å²) in [7, 11) is 0. The second kappa shape index (κ2) is 7.11. The van der Waals surface area contributed by atoms with Gasteiger partial charge in [-0.2, -0.15) is 13.2 Å². The molecule has 5 heteroatoms. The van der Waals surface area contributed by atoms with Gasteiger partial charge >= 0.3 is 6.18 Å². The molecule has 0 saturated carbocycles. The predicted molar refractivity (Wildman–Crippen MR) is 78.3 cm³/mol. The maximum Gasteiger partial charge on any atom is 0.408 e. The van der Waals surface area contributed by atoms with Crippen LogP contribution in [0.5, 0.6) is 0 Å². The van der Waals surface area contributed by atoms with Gasteiger partial charge in [0.15, 0.2) is 0 Å². The van der Waals surface area contributed by atoms with Crippen LogP contribution >= 0.6 is 0 Å². The number of carbonyl (C=O) groups is 1. The molecule has 1 N–H and O–H groups in total. The normalized spacial score (nSPS) is 12.7. The van der Waals surface area contributed by atoms with Crippen molar-refractivity contribution in [3.8, 4) is 0 Å². The Morgan fingerprint density at radius 3 is 1.91 bits per heavy atom. The lowest BCUT2D eigenvalue weighted by Gasteiger charge is -2.22. The minimum Gasteiger partial charge on any atom is -0.344 e. The molecule has 2 aromatic carbocycles. The molecule has 1 unspecified atom stereocenters. The second-order valence-electron chi connectivity index (χ2n) is 5.01. The molecular weight excluding hydrogens is 291 g/mol. The van der Waals surface area contributed by atoms with Crippen LogP contribution in [0.2, 0.25) is 0 Å². The third-order valence-electron chi connectivity index (χ3n) is 3.22. The van der Waals surface area contributed by atoms with Crippen LogP contribution in [0.15, 0.2) is 60.7 Å². The van der Waals surface area contributed by atoms with Crippen LogP contribution in [-0.2, 0) is 17.6 Å². The molecule has 2 nitrogen and oxygen atoms in total. The van der Waals surface area contributed by atoms with Crippen molar-refractivity contribution in [1.82, 2.24) is 5.32 Å². The molecule has 2 aromatic rings. The molecule has 0 aliphatic rings. The van der Waals surface area contributed by atoms with Gasteiger partial charge in [0.2, 0.25) is 5.91 Å². The van der Waals surface area contributed by atoms with Gasteiger partial charge in [-0.1, -0.05) is 60.7 Å². The Balaban J connectivity index is 2.02. The first-order chi connectivity index (χ1) is 10.4. The zero-order valence-electron chi connectivity index (χ0n) is 11.8. The van der Waals surface area contributed by atoms with Gasteiger partial charge in [-0.25, -0.2) is 0 Å². The number of halogens is 3. The highest BCUT2D eigenvalue weighted by Gasteiger charge is 2.40. The minimum absolute atomic E-state index is 0.0673. The van der Waals surface area contributed by atoms with Crippen molar-refractivity contribution in [3.05, 3.63) is 71.8 Å². The van der Waals surface area contributed by atoms with Gasteiger partial charge in [0.25, 0.3) is 0 Å². The Hall–Kier alpha value is -2.30. The summed E-state index contributed by atoms with van der Waals surface area (Å²) >= 11 is 0. The highest BCUT2D eigenvalue weighted by Crippen LogP contribution is 2.23. The fourth-order valence-electron chi connectivity index (χ4n) is 2.13. The van der Waals surface area contributed by atoms with Crippen molar-refractivity contribution >= 4 is 5.91 Å². The fourth-order valence-corrected chi connectivity index (χ4v) is 2.13. The van der Waals surface area contributed by atoms with E-state index in [1.807, 2.05) is 0 Å². The minimum atomic E-state index is -4.48. The van der Waals surface area contributed by atoms with E-state index in [0.29, 0.717) is 11.1 Å². The van der Waals surface area contributed by atoms with E-state index in [0.717, 1.165) is 0 Å². The lowest BCUT2D eigenvalue weighted by molar-refractivity contribution is -0.161. The number of benzene rings is 2. The highest BCUT2D eigenvalue weighted by molar-refractivity contribution is 5.79. The van der Waals surface area contributed by atoms with Gasteiger partial charge in [-0.15, -0.1) is 0 Å². The summed E-state index contributed by atoms with van der Waals surface area (Å²) in [4.78, 5) is 11.8. The van der Waals surface area contributed by atoms with Crippen molar-refractivity contribution in [2.75, 3.05) is 0 Å². The summed E-state index contributed by atoms with van der Waals surface area (Å²) < 4.78 is 39.3. The maximum atomic E-state index is 13.1. The zero-order valence-corrected chi connectivity index (χ0v) is 11.8. The van der Waals surface area contributed by atoms with E-state index in [2.05, 4.69) is 5.32 Å². The van der Waals surface area contributed by atoms with Gasteiger partial charge in [-0.05, 0) is 11.1 Å². The molecule has 1 atom stereocenters. The molecule has 0 bridgehead atoms. The van der Waals surface area contributed by atoms with Gasteiger partial charge in [0.1, 0.15) is 6.04 Å². The number of alkyl halides is 3. The highest BCUT2D eigenvalue weighted by atomic mass is 19.4. The molecule has 0 aliphatic heterocycles. The predicted octanol–water partition coefficient (Wildman–Crippen LogP) is 3.52. The van der Waals surface area contributed by atoms with Gasteiger partial charge in [0, 0.05) is 6.42 Å². The topological polar surface area (TPSA) is 29.1 Å². The summed E-state index contributed by atoms with van der Waals surface area (Å²) in [6.07, 6.45) is -4.82. The number of hydrogen-bond donors (Lipinski definition) is 1. The first kappa shape index (κ1) is 16.1. The van der Waals surface area contributed by atoms with Crippen LogP contribution in [-0.4, -0.2) is 18.1 Å². The third-order valence-corrected chi connectivity index (χ3v) is 3.22. The quantitative estimate of drug-likeness (QED) is 0.900. The Labute approximate surface area is 127 Å². The monoisotopic (exact) mass is 307 g/mol. The molecular formula is C17H16F3NO. The van der Waals surface area contributed by atoms with E-state index in [4.69, 9.17) is 0 Å². The van der Waals surface area contributed by atoms with E-state index < -0.39 is 18.1 Å². The largest absolute Gasteiger partial charge is 0.408 e. The summed E-state index contributed by atoms with van der Waals surface area (Å²) in [5, 5.41) is 2.09. The van der Waals surface area contributed by atoms with Crippen molar-refractivity contribution in [2.45, 2.75) is 25.1 Å². The second-order valence-corrected chi connectivity index (χ2v) is 5.01. The van der Waals surface area contributed by atoms with Crippen molar-refractivity contribution in [1.29, 1.82) is 0 Å². The smallest absolute Gasteiger partial charge is 0.344 e. The Kier molecular flexibility index (Phi) is 5.20. The first-order valence-corrected chi connectivity index (χ1v) is 6.89. The van der Waals surface area contributed by atoms with Crippen LogP contribution < -0.4 is 5.32 Å². The molecule has 0 radical (unpaired) electrons. The van der Waals surface area contributed by atoms with Gasteiger partial charge in [0.05, 0.1) is 6.42 Å². The Bertz CT molecular complexity index is 596. The molecule has 1 amide bonds. The van der Waals surface area contributed by atoms with Crippen LogP contribution in [0.1, 0.15) is 11.1 Å². The van der Waals surface area contributed by atoms with E-state index in [-0.39, 0.29) is 12.8 Å². The van der Waals surface area contributed by atoms with E-state index >= 15 is 0 Å². The first-order valence-electron chi connectivity index (χ1n) is 6.89. The van der Waals surface area contributed by atoms with Gasteiger partial charge < -0.3 is 5.32 Å². The molecule has 0 saturated heterocycles. The van der Waals surface area contributed by atoms with E-state index in [1.54, 1.807) is 60.7 Å². The van der Waals surface area contributed by atoms with Crippen molar-refractivity contribution in [3.63, 3.8) is 0 Å². The van der Waals surface area contributed by atoms with Gasteiger partial charge in [-0.3, -0.25) is 4.79 Å². The molecule has 116 valence electrons. The molecule has 0 heterocycles. The third kappa shape index (κ3) is 4.91. The molecule has 2 rings (SSSR count). The molecule has 0 fully saturated rings. The molecule has 22 heavy (non-hydrogen) atoms. The van der Waals surface area contributed by atoms with Crippen LogP contribution in [0, 0.1) is 0 Å². The lowest BCUT2D eigenvalue weighted by atomic mass is 10.0. The maximum absolute atomic E-state index is 13.1.